The Kier molecular flexibility index (Phi) is 4.95. The van der Waals surface area contributed by atoms with E-state index in [0.29, 0.717) is 25.3 Å². The first kappa shape index (κ1) is 15.2. The maximum atomic E-state index is 12.7. The fourth-order valence-electron chi connectivity index (χ4n) is 2.12. The normalized spacial score (nSPS) is 20.2. The predicted molar refractivity (Wildman–Crippen MR) is 72.4 cm³/mol. The van der Waals surface area contributed by atoms with Gasteiger partial charge in [-0.2, -0.15) is 0 Å². The molecular weight excluding hydrogens is 285 g/mol. The highest BCUT2D eigenvalue weighted by molar-refractivity contribution is 7.89. The zero-order chi connectivity index (χ0) is 14.6. The van der Waals surface area contributed by atoms with Crippen molar-refractivity contribution in [3.05, 3.63) is 30.1 Å². The topological polar surface area (TPSA) is 66.8 Å². The van der Waals surface area contributed by atoms with Crippen molar-refractivity contribution in [1.29, 1.82) is 0 Å². The molecular formula is C13H18FNO4S. The van der Waals surface area contributed by atoms with E-state index in [-0.39, 0.29) is 30.7 Å². The van der Waals surface area contributed by atoms with Crippen molar-refractivity contribution in [2.45, 2.75) is 6.42 Å². The van der Waals surface area contributed by atoms with E-state index in [1.165, 1.54) is 28.6 Å². The number of aliphatic hydroxyl groups excluding tert-OH is 1. The Hall–Kier alpha value is -1.18. The molecule has 112 valence electrons. The Bertz CT molecular complexity index is 532. The second kappa shape index (κ2) is 6.51. The zero-order valence-corrected chi connectivity index (χ0v) is 11.9. The molecule has 20 heavy (non-hydrogen) atoms. The number of nitrogens with zero attached hydrogens (tertiary/aromatic N) is 1. The molecule has 1 aromatic rings. The fraction of sp³-hybridized carbons (Fsp3) is 0.538. The van der Waals surface area contributed by atoms with E-state index >= 15 is 0 Å². The molecule has 0 spiro atoms. The molecule has 1 saturated heterocycles. The Morgan fingerprint density at radius 1 is 1.35 bits per heavy atom. The van der Waals surface area contributed by atoms with Gasteiger partial charge in [0, 0.05) is 19.7 Å². The van der Waals surface area contributed by atoms with E-state index < -0.39 is 10.0 Å². The van der Waals surface area contributed by atoms with Gasteiger partial charge in [0.05, 0.1) is 5.75 Å². The lowest BCUT2D eigenvalue weighted by Crippen LogP contribution is -2.33. The van der Waals surface area contributed by atoms with Gasteiger partial charge in [-0.3, -0.25) is 0 Å². The number of sulfonamides is 1. The van der Waals surface area contributed by atoms with E-state index in [9.17, 15) is 12.8 Å². The molecule has 0 aliphatic carbocycles. The molecule has 1 N–H and O–H groups in total. The second-order valence-electron chi connectivity index (χ2n) is 4.81. The van der Waals surface area contributed by atoms with Gasteiger partial charge in [0.25, 0.3) is 0 Å². The average Bonchev–Trinajstić information content (AvgIpc) is 2.90. The quantitative estimate of drug-likeness (QED) is 0.846. The molecule has 1 aliphatic rings. The van der Waals surface area contributed by atoms with Crippen molar-refractivity contribution in [2.24, 2.45) is 5.92 Å². The molecule has 0 bridgehead atoms. The first-order valence-corrected chi connectivity index (χ1v) is 8.09. The van der Waals surface area contributed by atoms with Crippen LogP contribution in [0.3, 0.4) is 0 Å². The minimum Gasteiger partial charge on any atom is -0.492 e. The van der Waals surface area contributed by atoms with E-state index in [1.54, 1.807) is 0 Å². The van der Waals surface area contributed by atoms with Crippen molar-refractivity contribution < 1.29 is 22.7 Å². The summed E-state index contributed by atoms with van der Waals surface area (Å²) in [5.74, 6) is -0.0150. The number of halogens is 1. The third kappa shape index (κ3) is 3.91. The maximum absolute atomic E-state index is 12.7. The molecule has 5 nitrogen and oxygen atoms in total. The van der Waals surface area contributed by atoms with E-state index in [0.717, 1.165) is 0 Å². The van der Waals surface area contributed by atoms with E-state index in [2.05, 4.69) is 0 Å². The van der Waals surface area contributed by atoms with Crippen LogP contribution in [0.4, 0.5) is 4.39 Å². The third-order valence-electron chi connectivity index (χ3n) is 3.32. The lowest BCUT2D eigenvalue weighted by molar-refractivity contribution is 0.233. The van der Waals surface area contributed by atoms with Gasteiger partial charge in [0.15, 0.2) is 0 Å². The van der Waals surface area contributed by atoms with Gasteiger partial charge in [0.2, 0.25) is 10.0 Å². The molecule has 0 radical (unpaired) electrons. The number of hydrogen-bond acceptors (Lipinski definition) is 4. The predicted octanol–water partition coefficient (Wildman–Crippen LogP) is 0.849. The molecule has 0 aromatic heterocycles. The SMILES string of the molecule is O=S(=O)(CCOc1ccc(F)cc1)N1CC[C@H](CO)C1. The molecule has 1 aromatic carbocycles. The van der Waals surface area contributed by atoms with Crippen molar-refractivity contribution in [1.82, 2.24) is 4.31 Å². The van der Waals surface area contributed by atoms with Gasteiger partial charge >= 0.3 is 0 Å². The molecule has 0 amide bonds. The van der Waals surface area contributed by atoms with Crippen LogP contribution in [-0.4, -0.2) is 49.9 Å². The summed E-state index contributed by atoms with van der Waals surface area (Å²) in [6.07, 6.45) is 0.689. The van der Waals surface area contributed by atoms with Crippen molar-refractivity contribution in [3.8, 4) is 5.75 Å². The Labute approximate surface area is 118 Å². The molecule has 1 fully saturated rings. The van der Waals surface area contributed by atoms with Gasteiger partial charge < -0.3 is 9.84 Å². The van der Waals surface area contributed by atoms with Crippen LogP contribution in [0, 0.1) is 11.7 Å². The largest absolute Gasteiger partial charge is 0.492 e. The highest BCUT2D eigenvalue weighted by atomic mass is 32.2. The summed E-state index contributed by atoms with van der Waals surface area (Å²) in [5.41, 5.74) is 0. The molecule has 1 atom stereocenters. The van der Waals surface area contributed by atoms with Crippen molar-refractivity contribution in [3.63, 3.8) is 0 Å². The summed E-state index contributed by atoms with van der Waals surface area (Å²) in [6.45, 7) is 0.853. The summed E-state index contributed by atoms with van der Waals surface area (Å²) >= 11 is 0. The maximum Gasteiger partial charge on any atom is 0.217 e. The molecule has 7 heteroatoms. The van der Waals surface area contributed by atoms with Crippen LogP contribution in [0.1, 0.15) is 6.42 Å². The zero-order valence-electron chi connectivity index (χ0n) is 11.0. The molecule has 0 unspecified atom stereocenters. The van der Waals surface area contributed by atoms with Crippen LogP contribution in [0.2, 0.25) is 0 Å². The Balaban J connectivity index is 1.82. The standard InChI is InChI=1S/C13H18FNO4S/c14-12-1-3-13(4-2-12)19-7-8-20(17,18)15-6-5-11(9-15)10-16/h1-4,11,16H,5-10H2/t11-/m0/s1. The summed E-state index contributed by atoms with van der Waals surface area (Å²) in [6, 6.07) is 5.44. The molecule has 2 rings (SSSR count). The minimum absolute atomic E-state index is 0.0120. The van der Waals surface area contributed by atoms with Crippen molar-refractivity contribution in [2.75, 3.05) is 32.1 Å². The van der Waals surface area contributed by atoms with Gasteiger partial charge in [-0.25, -0.2) is 17.1 Å². The fourth-order valence-corrected chi connectivity index (χ4v) is 3.50. The number of hydrogen-bond donors (Lipinski definition) is 1. The van der Waals surface area contributed by atoms with E-state index in [1.807, 2.05) is 0 Å². The van der Waals surface area contributed by atoms with E-state index in [4.69, 9.17) is 9.84 Å². The van der Waals surface area contributed by atoms with Gasteiger partial charge in [-0.05, 0) is 36.6 Å². The van der Waals surface area contributed by atoms with Gasteiger partial charge in [0.1, 0.15) is 18.2 Å². The highest BCUT2D eigenvalue weighted by Crippen LogP contribution is 2.19. The second-order valence-corrected chi connectivity index (χ2v) is 6.90. The van der Waals surface area contributed by atoms with Crippen LogP contribution in [0.5, 0.6) is 5.75 Å². The first-order chi connectivity index (χ1) is 9.51. The summed E-state index contributed by atoms with van der Waals surface area (Å²) in [4.78, 5) is 0. The molecule has 0 saturated carbocycles. The number of ether oxygens (including phenoxy) is 1. The number of rotatable bonds is 6. The summed E-state index contributed by atoms with van der Waals surface area (Å²) in [5, 5.41) is 9.02. The first-order valence-electron chi connectivity index (χ1n) is 6.48. The molecule has 1 heterocycles. The van der Waals surface area contributed by atoms with Crippen LogP contribution in [0.25, 0.3) is 0 Å². The Morgan fingerprint density at radius 2 is 2.05 bits per heavy atom. The lowest BCUT2D eigenvalue weighted by atomic mass is 10.1. The van der Waals surface area contributed by atoms with Crippen LogP contribution < -0.4 is 4.74 Å². The monoisotopic (exact) mass is 303 g/mol. The van der Waals surface area contributed by atoms with Crippen LogP contribution in [-0.2, 0) is 10.0 Å². The minimum atomic E-state index is -3.36. The number of benzene rings is 1. The van der Waals surface area contributed by atoms with Gasteiger partial charge in [-0.15, -0.1) is 0 Å². The lowest BCUT2D eigenvalue weighted by Gasteiger charge is -2.16. The van der Waals surface area contributed by atoms with Crippen LogP contribution >= 0.6 is 0 Å². The highest BCUT2D eigenvalue weighted by Gasteiger charge is 2.30. The third-order valence-corrected chi connectivity index (χ3v) is 5.12. The number of aliphatic hydroxyl groups is 1. The van der Waals surface area contributed by atoms with Crippen molar-refractivity contribution >= 4 is 10.0 Å². The van der Waals surface area contributed by atoms with Gasteiger partial charge in [-0.1, -0.05) is 0 Å². The summed E-state index contributed by atoms with van der Waals surface area (Å²) < 4.78 is 43.5. The van der Waals surface area contributed by atoms with Crippen LogP contribution in [0.15, 0.2) is 24.3 Å². The smallest absolute Gasteiger partial charge is 0.217 e. The Morgan fingerprint density at radius 3 is 2.65 bits per heavy atom. The average molecular weight is 303 g/mol. The molecule has 1 aliphatic heterocycles. The summed E-state index contributed by atoms with van der Waals surface area (Å²) in [7, 11) is -3.36.